The highest BCUT2D eigenvalue weighted by molar-refractivity contribution is 7.93. The van der Waals surface area contributed by atoms with Gasteiger partial charge < -0.3 is 9.64 Å². The van der Waals surface area contributed by atoms with Gasteiger partial charge in [0.15, 0.2) is 9.84 Å². The third-order valence-electron chi connectivity index (χ3n) is 2.91. The zero-order valence-corrected chi connectivity index (χ0v) is 10.5. The summed E-state index contributed by atoms with van der Waals surface area (Å²) >= 11 is 0. The molecule has 7 heteroatoms. The molecule has 0 aromatic carbocycles. The molecule has 1 fully saturated rings. The van der Waals surface area contributed by atoms with Crippen LogP contribution in [0.4, 0.5) is 0 Å². The lowest BCUT2D eigenvalue weighted by atomic mass is 10.0. The van der Waals surface area contributed by atoms with Crippen LogP contribution in [-0.2, 0) is 24.2 Å². The molecule has 0 radical (unpaired) electrons. The van der Waals surface area contributed by atoms with E-state index >= 15 is 0 Å². The number of hydrogen-bond donors (Lipinski definition) is 0. The number of carbonyl (C=O) groups is 2. The molecule has 0 aromatic heterocycles. The van der Waals surface area contributed by atoms with Gasteiger partial charge in [0.05, 0.1) is 11.9 Å². The standard InChI is InChI=1S/C9H15NO5S/c1-6(11)10-5-16(13,14)9(2,3)7(10)8(12)15-4/h7H,5H2,1-4H3. The van der Waals surface area contributed by atoms with Gasteiger partial charge in [-0.1, -0.05) is 0 Å². The van der Waals surface area contributed by atoms with Crippen molar-refractivity contribution in [1.29, 1.82) is 0 Å². The van der Waals surface area contributed by atoms with Gasteiger partial charge in [-0.3, -0.25) is 4.79 Å². The second kappa shape index (κ2) is 3.73. The van der Waals surface area contributed by atoms with Gasteiger partial charge >= 0.3 is 5.97 Å². The first kappa shape index (κ1) is 13.0. The highest BCUT2D eigenvalue weighted by Gasteiger charge is 2.57. The molecule has 1 aliphatic rings. The van der Waals surface area contributed by atoms with Crippen LogP contribution in [0.1, 0.15) is 20.8 Å². The Bertz CT molecular complexity index is 425. The molecule has 1 unspecified atom stereocenters. The van der Waals surface area contributed by atoms with Crippen molar-refractivity contribution in [3.8, 4) is 0 Å². The van der Waals surface area contributed by atoms with Crippen LogP contribution in [0.25, 0.3) is 0 Å². The summed E-state index contributed by atoms with van der Waals surface area (Å²) in [5.41, 5.74) is 0. The predicted molar refractivity (Wildman–Crippen MR) is 56.2 cm³/mol. The number of hydrogen-bond acceptors (Lipinski definition) is 5. The largest absolute Gasteiger partial charge is 0.467 e. The fourth-order valence-corrected chi connectivity index (χ4v) is 3.36. The highest BCUT2D eigenvalue weighted by Crippen LogP contribution is 2.34. The fraction of sp³-hybridized carbons (Fsp3) is 0.778. The molecule has 1 saturated heterocycles. The van der Waals surface area contributed by atoms with Gasteiger partial charge in [-0.05, 0) is 13.8 Å². The average Bonchev–Trinajstić information content (AvgIpc) is 2.33. The molecule has 0 spiro atoms. The Morgan fingerprint density at radius 1 is 1.38 bits per heavy atom. The van der Waals surface area contributed by atoms with E-state index in [1.807, 2.05) is 0 Å². The number of carbonyl (C=O) groups excluding carboxylic acids is 2. The minimum Gasteiger partial charge on any atom is -0.467 e. The van der Waals surface area contributed by atoms with Crippen molar-refractivity contribution < 1.29 is 22.7 Å². The van der Waals surface area contributed by atoms with Crippen molar-refractivity contribution in [2.24, 2.45) is 0 Å². The van der Waals surface area contributed by atoms with Gasteiger partial charge in [0.1, 0.15) is 11.9 Å². The summed E-state index contributed by atoms with van der Waals surface area (Å²) in [7, 11) is -2.35. The molecule has 1 atom stereocenters. The van der Waals surface area contributed by atoms with Gasteiger partial charge in [0.2, 0.25) is 5.91 Å². The normalized spacial score (nSPS) is 26.5. The zero-order chi connectivity index (χ0) is 12.7. The molecule has 0 N–H and O–H groups in total. The van der Waals surface area contributed by atoms with E-state index in [9.17, 15) is 18.0 Å². The van der Waals surface area contributed by atoms with Crippen LogP contribution in [0, 0.1) is 0 Å². The van der Waals surface area contributed by atoms with Crippen molar-refractivity contribution >= 4 is 21.7 Å². The first-order valence-electron chi connectivity index (χ1n) is 4.72. The monoisotopic (exact) mass is 249 g/mol. The maximum Gasteiger partial charge on any atom is 0.330 e. The Morgan fingerprint density at radius 3 is 2.25 bits per heavy atom. The molecule has 0 aromatic rings. The molecule has 0 aliphatic carbocycles. The lowest BCUT2D eigenvalue weighted by molar-refractivity contribution is -0.151. The summed E-state index contributed by atoms with van der Waals surface area (Å²) in [6, 6.07) is -1.07. The van der Waals surface area contributed by atoms with Crippen molar-refractivity contribution in [2.75, 3.05) is 13.0 Å². The minimum atomic E-state index is -3.52. The number of amides is 1. The number of sulfone groups is 1. The van der Waals surface area contributed by atoms with Crippen LogP contribution in [0.2, 0.25) is 0 Å². The molecular formula is C9H15NO5S. The summed E-state index contributed by atoms with van der Waals surface area (Å²) in [5.74, 6) is -1.60. The quantitative estimate of drug-likeness (QED) is 0.587. The molecule has 1 amide bonds. The number of esters is 1. The van der Waals surface area contributed by atoms with Crippen LogP contribution in [0.3, 0.4) is 0 Å². The Labute approximate surface area is 94.5 Å². The summed E-state index contributed by atoms with van der Waals surface area (Å²) in [6.07, 6.45) is 0. The van der Waals surface area contributed by atoms with E-state index in [2.05, 4.69) is 4.74 Å². The average molecular weight is 249 g/mol. The van der Waals surface area contributed by atoms with E-state index in [1.165, 1.54) is 27.9 Å². The third-order valence-corrected chi connectivity index (χ3v) is 5.35. The van der Waals surface area contributed by atoms with Gasteiger partial charge in [0, 0.05) is 6.92 Å². The molecule has 0 saturated carbocycles. The number of methoxy groups -OCH3 is 1. The summed E-state index contributed by atoms with van der Waals surface area (Å²) in [6.45, 7) is 4.08. The van der Waals surface area contributed by atoms with Crippen LogP contribution >= 0.6 is 0 Å². The smallest absolute Gasteiger partial charge is 0.330 e. The zero-order valence-electron chi connectivity index (χ0n) is 9.68. The van der Waals surface area contributed by atoms with Gasteiger partial charge in [-0.2, -0.15) is 0 Å². The number of rotatable bonds is 1. The summed E-state index contributed by atoms with van der Waals surface area (Å²) < 4.78 is 26.9. The van der Waals surface area contributed by atoms with E-state index in [1.54, 1.807) is 0 Å². The molecule has 16 heavy (non-hydrogen) atoms. The van der Waals surface area contributed by atoms with Gasteiger partial charge in [-0.15, -0.1) is 0 Å². The van der Waals surface area contributed by atoms with Gasteiger partial charge in [-0.25, -0.2) is 13.2 Å². The molecule has 0 bridgehead atoms. The first-order chi connectivity index (χ1) is 7.15. The number of ether oxygens (including phenoxy) is 1. The fourth-order valence-electron chi connectivity index (χ4n) is 1.76. The van der Waals surface area contributed by atoms with Crippen LogP contribution in [-0.4, -0.2) is 49.0 Å². The Morgan fingerprint density at radius 2 is 1.88 bits per heavy atom. The lowest BCUT2D eigenvalue weighted by Gasteiger charge is -2.27. The van der Waals surface area contributed by atoms with Crippen molar-refractivity contribution in [1.82, 2.24) is 4.90 Å². The van der Waals surface area contributed by atoms with E-state index < -0.39 is 38.4 Å². The topological polar surface area (TPSA) is 80.8 Å². The SMILES string of the molecule is COC(=O)C1N(C(C)=O)CS(=O)(=O)C1(C)C. The van der Waals surface area contributed by atoms with Crippen molar-refractivity contribution in [3.05, 3.63) is 0 Å². The minimum absolute atomic E-state index is 0.435. The Hall–Kier alpha value is -1.11. The summed E-state index contributed by atoms with van der Waals surface area (Å²) in [5, 5.41) is 0. The number of nitrogens with zero attached hydrogens (tertiary/aromatic N) is 1. The van der Waals surface area contributed by atoms with Crippen LogP contribution in [0.15, 0.2) is 0 Å². The molecule has 6 nitrogen and oxygen atoms in total. The maximum absolute atomic E-state index is 11.8. The second-order valence-corrected chi connectivity index (χ2v) is 6.80. The van der Waals surface area contributed by atoms with E-state index in [4.69, 9.17) is 0 Å². The Balaban J connectivity index is 3.28. The summed E-state index contributed by atoms with van der Waals surface area (Å²) in [4.78, 5) is 23.9. The van der Waals surface area contributed by atoms with Crippen LogP contribution < -0.4 is 0 Å². The second-order valence-electron chi connectivity index (χ2n) is 4.26. The Kier molecular flexibility index (Phi) is 3.02. The highest BCUT2D eigenvalue weighted by atomic mass is 32.2. The molecule has 1 heterocycles. The maximum atomic E-state index is 11.8. The van der Waals surface area contributed by atoms with Crippen molar-refractivity contribution in [2.45, 2.75) is 31.6 Å². The van der Waals surface area contributed by atoms with Gasteiger partial charge in [0.25, 0.3) is 0 Å². The van der Waals surface area contributed by atoms with E-state index in [0.29, 0.717) is 0 Å². The molecular weight excluding hydrogens is 234 g/mol. The molecule has 1 aliphatic heterocycles. The van der Waals surface area contributed by atoms with Crippen molar-refractivity contribution in [3.63, 3.8) is 0 Å². The predicted octanol–water partition coefficient (Wildman–Crippen LogP) is -0.459. The first-order valence-corrected chi connectivity index (χ1v) is 6.37. The van der Waals surface area contributed by atoms with E-state index in [0.717, 1.165) is 4.90 Å². The van der Waals surface area contributed by atoms with E-state index in [-0.39, 0.29) is 0 Å². The molecule has 1 rings (SSSR count). The molecule has 92 valence electrons. The van der Waals surface area contributed by atoms with Crippen LogP contribution in [0.5, 0.6) is 0 Å². The third kappa shape index (κ3) is 1.68. The lowest BCUT2D eigenvalue weighted by Crippen LogP contribution is -2.50.